The lowest BCUT2D eigenvalue weighted by molar-refractivity contribution is -0.146. The average molecular weight is 339 g/mol. The molecule has 1 saturated carbocycles. The molecule has 0 aromatic carbocycles. The molecule has 8 nitrogen and oxygen atoms in total. The number of hydrogen-bond donors (Lipinski definition) is 1. The molecule has 134 valence electrons. The van der Waals surface area contributed by atoms with Crippen LogP contribution in [-0.4, -0.2) is 89.2 Å². The van der Waals surface area contributed by atoms with Crippen LogP contribution in [0.2, 0.25) is 0 Å². The molecule has 24 heavy (non-hydrogen) atoms. The second kappa shape index (κ2) is 7.38. The lowest BCUT2D eigenvalue weighted by Crippen LogP contribution is -2.54. The van der Waals surface area contributed by atoms with Crippen molar-refractivity contribution < 1.29 is 24.2 Å². The van der Waals surface area contributed by atoms with E-state index in [-0.39, 0.29) is 24.6 Å². The van der Waals surface area contributed by atoms with Gasteiger partial charge in [0, 0.05) is 32.2 Å². The highest BCUT2D eigenvalue weighted by Gasteiger charge is 2.43. The third-order valence-corrected chi connectivity index (χ3v) is 5.20. The molecule has 0 unspecified atom stereocenters. The monoisotopic (exact) mass is 339 g/mol. The normalized spacial score (nSPS) is 25.1. The molecule has 2 aliphatic heterocycles. The van der Waals surface area contributed by atoms with Gasteiger partial charge in [-0.15, -0.1) is 0 Å². The van der Waals surface area contributed by atoms with Crippen molar-refractivity contribution in [1.82, 2.24) is 14.7 Å². The second-order valence-electron chi connectivity index (χ2n) is 6.80. The van der Waals surface area contributed by atoms with Gasteiger partial charge >= 0.3 is 12.0 Å². The first-order valence-electron chi connectivity index (χ1n) is 8.71. The number of carboxylic acid groups (broad SMARTS) is 1. The molecule has 2 heterocycles. The molecule has 3 amide bonds. The number of amides is 3. The van der Waals surface area contributed by atoms with Crippen molar-refractivity contribution in [2.45, 2.75) is 44.2 Å². The number of rotatable bonds is 5. The summed E-state index contributed by atoms with van der Waals surface area (Å²) in [5, 5.41) is 8.54. The largest absolute Gasteiger partial charge is 0.480 e. The number of carbonyl (C=O) groups excluding carboxylic acids is 2. The minimum atomic E-state index is -1.09. The van der Waals surface area contributed by atoms with Crippen LogP contribution in [0.3, 0.4) is 0 Å². The zero-order valence-electron chi connectivity index (χ0n) is 13.9. The molecule has 0 aromatic rings. The first-order valence-corrected chi connectivity index (χ1v) is 8.71. The standard InChI is InChI=1S/C16H25N3O5/c20-14(10-24-11-15(21)22)17-6-7-18-13(8-17)9-19(16(18)23)12-4-2-1-3-5-12/h12-13H,1-11H2,(H,21,22)/t13-/m1/s1. The van der Waals surface area contributed by atoms with E-state index in [1.807, 2.05) is 9.80 Å². The van der Waals surface area contributed by atoms with Crippen LogP contribution in [0.4, 0.5) is 4.79 Å². The van der Waals surface area contributed by atoms with Gasteiger partial charge in [0.1, 0.15) is 13.2 Å². The molecule has 1 aliphatic carbocycles. The van der Waals surface area contributed by atoms with Crippen molar-refractivity contribution in [3.63, 3.8) is 0 Å². The van der Waals surface area contributed by atoms with Crippen LogP contribution in [0.25, 0.3) is 0 Å². The van der Waals surface area contributed by atoms with Crippen LogP contribution in [-0.2, 0) is 14.3 Å². The van der Waals surface area contributed by atoms with Crippen LogP contribution >= 0.6 is 0 Å². The predicted octanol–water partition coefficient (Wildman–Crippen LogP) is 0.369. The van der Waals surface area contributed by atoms with Gasteiger partial charge in [0.25, 0.3) is 0 Å². The number of aliphatic carboxylic acids is 1. The maximum atomic E-state index is 12.6. The Labute approximate surface area is 141 Å². The van der Waals surface area contributed by atoms with Crippen LogP contribution < -0.4 is 0 Å². The van der Waals surface area contributed by atoms with Crippen LogP contribution in [0.5, 0.6) is 0 Å². The van der Waals surface area contributed by atoms with Crippen molar-refractivity contribution in [2.75, 3.05) is 39.4 Å². The Bertz CT molecular complexity index is 506. The highest BCUT2D eigenvalue weighted by Crippen LogP contribution is 2.29. The first kappa shape index (κ1) is 17.0. The Morgan fingerprint density at radius 3 is 2.46 bits per heavy atom. The quantitative estimate of drug-likeness (QED) is 0.781. The molecule has 0 radical (unpaired) electrons. The van der Waals surface area contributed by atoms with Crippen LogP contribution in [0.15, 0.2) is 0 Å². The fourth-order valence-corrected chi connectivity index (χ4v) is 3.97. The van der Waals surface area contributed by atoms with Crippen molar-refractivity contribution in [2.24, 2.45) is 0 Å². The van der Waals surface area contributed by atoms with Crippen molar-refractivity contribution in [3.8, 4) is 0 Å². The fraction of sp³-hybridized carbons (Fsp3) is 0.812. The summed E-state index contributed by atoms with van der Waals surface area (Å²) >= 11 is 0. The van der Waals surface area contributed by atoms with Gasteiger partial charge in [0.15, 0.2) is 0 Å². The van der Waals surface area contributed by atoms with Crippen LogP contribution in [0.1, 0.15) is 32.1 Å². The van der Waals surface area contributed by atoms with Gasteiger partial charge in [-0.05, 0) is 12.8 Å². The molecule has 0 bridgehead atoms. The van der Waals surface area contributed by atoms with E-state index < -0.39 is 12.6 Å². The fourth-order valence-electron chi connectivity index (χ4n) is 3.97. The van der Waals surface area contributed by atoms with E-state index >= 15 is 0 Å². The molecule has 0 aromatic heterocycles. The molecule has 2 saturated heterocycles. The van der Waals surface area contributed by atoms with E-state index in [9.17, 15) is 14.4 Å². The molecule has 3 fully saturated rings. The third-order valence-electron chi connectivity index (χ3n) is 5.20. The maximum Gasteiger partial charge on any atom is 0.329 e. The molecule has 1 N–H and O–H groups in total. The summed E-state index contributed by atoms with van der Waals surface area (Å²) in [5.41, 5.74) is 0. The Hall–Kier alpha value is -1.83. The summed E-state index contributed by atoms with van der Waals surface area (Å²) in [6.45, 7) is 1.52. The maximum absolute atomic E-state index is 12.6. The highest BCUT2D eigenvalue weighted by molar-refractivity contribution is 5.80. The van der Waals surface area contributed by atoms with Gasteiger partial charge in [0.05, 0.1) is 6.04 Å². The minimum absolute atomic E-state index is 0.0385. The van der Waals surface area contributed by atoms with Gasteiger partial charge in [-0.1, -0.05) is 19.3 Å². The second-order valence-corrected chi connectivity index (χ2v) is 6.80. The van der Waals surface area contributed by atoms with Crippen molar-refractivity contribution in [3.05, 3.63) is 0 Å². The zero-order chi connectivity index (χ0) is 17.1. The Morgan fingerprint density at radius 1 is 1.00 bits per heavy atom. The Balaban J connectivity index is 1.53. The smallest absolute Gasteiger partial charge is 0.329 e. The highest BCUT2D eigenvalue weighted by atomic mass is 16.5. The first-order chi connectivity index (χ1) is 11.6. The predicted molar refractivity (Wildman–Crippen MR) is 84.5 cm³/mol. The SMILES string of the molecule is O=C(O)COCC(=O)N1CCN2C(=O)N(C3CCCCC3)C[C@H]2C1. The molecule has 8 heteroatoms. The molecule has 1 atom stereocenters. The topological polar surface area (TPSA) is 90.4 Å². The molecular weight excluding hydrogens is 314 g/mol. The molecule has 3 rings (SSSR count). The number of hydrogen-bond acceptors (Lipinski definition) is 4. The lowest BCUT2D eigenvalue weighted by Gasteiger charge is -2.36. The van der Waals surface area contributed by atoms with Gasteiger partial charge < -0.3 is 24.5 Å². The summed E-state index contributed by atoms with van der Waals surface area (Å²) in [4.78, 5) is 40.7. The number of nitrogens with zero attached hydrogens (tertiary/aromatic N) is 3. The number of ether oxygens (including phenoxy) is 1. The van der Waals surface area contributed by atoms with Crippen LogP contribution in [0, 0.1) is 0 Å². The van der Waals surface area contributed by atoms with E-state index in [0.717, 1.165) is 12.8 Å². The summed E-state index contributed by atoms with van der Waals surface area (Å²) in [6.07, 6.45) is 5.79. The minimum Gasteiger partial charge on any atom is -0.480 e. The Kier molecular flexibility index (Phi) is 5.23. The number of urea groups is 1. The molecule has 3 aliphatic rings. The van der Waals surface area contributed by atoms with E-state index in [4.69, 9.17) is 9.84 Å². The van der Waals surface area contributed by atoms with E-state index in [1.54, 1.807) is 4.90 Å². The number of carbonyl (C=O) groups is 3. The van der Waals surface area contributed by atoms with Crippen molar-refractivity contribution in [1.29, 1.82) is 0 Å². The number of fused-ring (bicyclic) bond motifs is 1. The average Bonchev–Trinajstić information content (AvgIpc) is 2.91. The summed E-state index contributed by atoms with van der Waals surface area (Å²) in [5.74, 6) is -1.29. The summed E-state index contributed by atoms with van der Waals surface area (Å²) in [6, 6.07) is 0.498. The summed E-state index contributed by atoms with van der Waals surface area (Å²) in [7, 11) is 0. The van der Waals surface area contributed by atoms with Gasteiger partial charge in [-0.3, -0.25) is 4.79 Å². The number of carboxylic acids is 1. The van der Waals surface area contributed by atoms with E-state index in [1.165, 1.54) is 19.3 Å². The molecular formula is C16H25N3O5. The third kappa shape index (κ3) is 3.63. The van der Waals surface area contributed by atoms with Crippen molar-refractivity contribution >= 4 is 17.9 Å². The van der Waals surface area contributed by atoms with Gasteiger partial charge in [0.2, 0.25) is 5.91 Å². The lowest BCUT2D eigenvalue weighted by atomic mass is 9.94. The molecule has 0 spiro atoms. The van der Waals surface area contributed by atoms with Gasteiger partial charge in [-0.2, -0.15) is 0 Å². The van der Waals surface area contributed by atoms with E-state index in [2.05, 4.69) is 0 Å². The zero-order valence-corrected chi connectivity index (χ0v) is 13.9. The van der Waals surface area contributed by atoms with Gasteiger partial charge in [-0.25, -0.2) is 9.59 Å². The van der Waals surface area contributed by atoms with E-state index in [0.29, 0.717) is 32.2 Å². The summed E-state index contributed by atoms with van der Waals surface area (Å²) < 4.78 is 4.88. The Morgan fingerprint density at radius 2 is 1.75 bits per heavy atom. The number of piperazine rings is 1.